The van der Waals surface area contributed by atoms with Gasteiger partial charge in [-0.25, -0.2) is 18.9 Å². The number of carboxylic acid groups (broad SMARTS) is 1. The molecule has 1 saturated carbocycles. The molecule has 238 valence electrons. The second kappa shape index (κ2) is 12.3. The van der Waals surface area contributed by atoms with Crippen LogP contribution in [-0.4, -0.2) is 96.2 Å². The standard InChI is InChI=1S/C22H26N8O12S2/c23-20-26-12(9-43-20)15(28-42-22(19(35)36)3-1-2-4-22)17(33)27-16-13(30(18(16)34)44(39,40)41)8-25-21(37)24-7-10-5-11(31)6-14(32)29(10)38/h5-6,9,13,16,31,38H,1-4,7-8H2,(H2,23,26)(H,27,33)(H,35,36)(H2,24,25,37)(H,39,40,41)/t13-,16-/m0/s1. The lowest BCUT2D eigenvalue weighted by Crippen LogP contribution is -2.74. The van der Waals surface area contributed by atoms with Crippen molar-refractivity contribution in [3.8, 4) is 5.75 Å². The van der Waals surface area contributed by atoms with E-state index in [2.05, 4.69) is 26.1 Å². The molecule has 2 aromatic heterocycles. The number of urea groups is 1. The van der Waals surface area contributed by atoms with Crippen molar-refractivity contribution < 1.29 is 52.4 Å². The van der Waals surface area contributed by atoms with Crippen molar-refractivity contribution in [3.05, 3.63) is 39.3 Å². The van der Waals surface area contributed by atoms with Crippen LogP contribution in [0.4, 0.5) is 9.93 Å². The maximum absolute atomic E-state index is 13.3. The largest absolute Gasteiger partial charge is 0.508 e. The fourth-order valence-electron chi connectivity index (χ4n) is 4.55. The van der Waals surface area contributed by atoms with Gasteiger partial charge in [0.1, 0.15) is 17.5 Å². The number of carbonyl (C=O) groups is 4. The minimum absolute atomic E-state index is 0.0172. The lowest BCUT2D eigenvalue weighted by atomic mass is 9.98. The number of anilines is 1. The number of thiazole rings is 1. The number of pyridine rings is 1. The Bertz CT molecular complexity index is 1680. The Morgan fingerprint density at radius 2 is 1.89 bits per heavy atom. The van der Waals surface area contributed by atoms with E-state index in [4.69, 9.17) is 10.6 Å². The zero-order valence-electron chi connectivity index (χ0n) is 22.4. The number of aromatic hydroxyl groups is 1. The van der Waals surface area contributed by atoms with E-state index in [0.29, 0.717) is 12.8 Å². The van der Waals surface area contributed by atoms with E-state index in [1.165, 1.54) is 5.38 Å². The molecule has 2 fully saturated rings. The molecule has 0 aromatic carbocycles. The Hall–Kier alpha value is -4.96. The van der Waals surface area contributed by atoms with Crippen molar-refractivity contribution in [2.45, 2.75) is 49.9 Å². The number of β-lactam (4-membered cyclic amide) rings is 1. The molecular formula is C22H26N8O12S2. The summed E-state index contributed by atoms with van der Waals surface area (Å²) in [6.07, 6.45) is 1.29. The van der Waals surface area contributed by atoms with Crippen LogP contribution in [0.25, 0.3) is 0 Å². The molecule has 9 N–H and O–H groups in total. The van der Waals surface area contributed by atoms with Crippen molar-refractivity contribution in [3.63, 3.8) is 0 Å². The maximum Gasteiger partial charge on any atom is 0.362 e. The van der Waals surface area contributed by atoms with Crippen LogP contribution >= 0.6 is 11.3 Å². The van der Waals surface area contributed by atoms with Gasteiger partial charge in [-0.1, -0.05) is 5.16 Å². The van der Waals surface area contributed by atoms with Gasteiger partial charge in [0, 0.05) is 36.9 Å². The number of aromatic nitrogens is 2. The Morgan fingerprint density at radius 3 is 2.48 bits per heavy atom. The molecule has 2 aromatic rings. The summed E-state index contributed by atoms with van der Waals surface area (Å²) in [5.41, 5.74) is 2.04. The smallest absolute Gasteiger partial charge is 0.362 e. The molecule has 1 aliphatic heterocycles. The highest BCUT2D eigenvalue weighted by atomic mass is 32.2. The summed E-state index contributed by atoms with van der Waals surface area (Å²) in [5, 5.41) is 40.7. The van der Waals surface area contributed by atoms with Crippen LogP contribution in [-0.2, 0) is 36.1 Å². The summed E-state index contributed by atoms with van der Waals surface area (Å²) in [5.74, 6) is -4.19. The van der Waals surface area contributed by atoms with Crippen molar-refractivity contribution in [2.75, 3.05) is 12.3 Å². The Morgan fingerprint density at radius 1 is 1.20 bits per heavy atom. The lowest BCUT2D eigenvalue weighted by Gasteiger charge is -2.44. The molecule has 20 nitrogen and oxygen atoms in total. The first-order chi connectivity index (χ1) is 20.6. The van der Waals surface area contributed by atoms with E-state index in [9.17, 15) is 52.4 Å². The Labute approximate surface area is 250 Å². The summed E-state index contributed by atoms with van der Waals surface area (Å²) < 4.78 is 33.4. The number of hydrogen-bond donors (Lipinski definition) is 8. The predicted molar refractivity (Wildman–Crippen MR) is 147 cm³/mol. The van der Waals surface area contributed by atoms with E-state index < -0.39 is 81.9 Å². The molecule has 0 spiro atoms. The summed E-state index contributed by atoms with van der Waals surface area (Å²) in [6.45, 7) is -1.13. The number of nitrogens with two attached hydrogens (primary N) is 1. The normalized spacial score (nSPS) is 19.6. The number of amides is 4. The fourth-order valence-corrected chi connectivity index (χ4v) is 5.98. The van der Waals surface area contributed by atoms with Crippen molar-refractivity contribution >= 4 is 56.3 Å². The van der Waals surface area contributed by atoms with Gasteiger partial charge in [0.15, 0.2) is 10.8 Å². The van der Waals surface area contributed by atoms with Gasteiger partial charge < -0.3 is 41.9 Å². The number of hydrogen-bond acceptors (Lipinski definition) is 14. The quantitative estimate of drug-likeness (QED) is 0.0424. The third-order valence-electron chi connectivity index (χ3n) is 6.77. The van der Waals surface area contributed by atoms with Crippen molar-refractivity contribution in [2.24, 2.45) is 5.16 Å². The van der Waals surface area contributed by atoms with Gasteiger partial charge in [-0.15, -0.1) is 11.3 Å². The predicted octanol–water partition coefficient (Wildman–Crippen LogP) is -2.05. The molecule has 22 heteroatoms. The van der Waals surface area contributed by atoms with Crippen molar-refractivity contribution in [1.29, 1.82) is 0 Å². The third-order valence-corrected chi connectivity index (χ3v) is 8.39. The molecule has 1 aliphatic carbocycles. The molecule has 0 bridgehead atoms. The van der Waals surface area contributed by atoms with Crippen LogP contribution in [0.1, 0.15) is 37.1 Å². The number of nitrogens with zero attached hydrogens (tertiary/aromatic N) is 4. The van der Waals surface area contributed by atoms with Crippen LogP contribution in [0.5, 0.6) is 5.75 Å². The van der Waals surface area contributed by atoms with E-state index in [1.54, 1.807) is 0 Å². The highest BCUT2D eigenvalue weighted by Gasteiger charge is 2.54. The number of aliphatic carboxylic acids is 1. The summed E-state index contributed by atoms with van der Waals surface area (Å²) in [6, 6.07) is -2.47. The number of nitrogens with one attached hydrogen (secondary N) is 3. The summed E-state index contributed by atoms with van der Waals surface area (Å²) >= 11 is 0.917. The number of carboxylic acids is 1. The van der Waals surface area contributed by atoms with Gasteiger partial charge >= 0.3 is 22.3 Å². The zero-order valence-corrected chi connectivity index (χ0v) is 24.0. The molecule has 3 heterocycles. The average Bonchev–Trinajstić information content (AvgIpc) is 3.60. The molecule has 1 saturated heterocycles. The molecule has 44 heavy (non-hydrogen) atoms. The van der Waals surface area contributed by atoms with Gasteiger partial charge in [-0.2, -0.15) is 13.1 Å². The Kier molecular flexibility index (Phi) is 8.96. The first-order valence-corrected chi connectivity index (χ1v) is 14.9. The molecule has 2 aliphatic rings. The Balaban J connectivity index is 1.49. The molecular weight excluding hydrogens is 632 g/mol. The van der Waals surface area contributed by atoms with Gasteiger partial charge in [0.25, 0.3) is 17.4 Å². The van der Waals surface area contributed by atoms with E-state index in [0.717, 1.165) is 23.5 Å². The highest BCUT2D eigenvalue weighted by Crippen LogP contribution is 2.34. The first kappa shape index (κ1) is 32.0. The van der Waals surface area contributed by atoms with Gasteiger partial charge in [-0.05, 0) is 12.8 Å². The average molecular weight is 659 g/mol. The minimum Gasteiger partial charge on any atom is -0.508 e. The fraction of sp³-hybridized carbons (Fsp3) is 0.409. The van der Waals surface area contributed by atoms with Crippen LogP contribution in [0, 0.1) is 0 Å². The first-order valence-electron chi connectivity index (χ1n) is 12.6. The van der Waals surface area contributed by atoms with Gasteiger partial charge in [0.2, 0.25) is 5.60 Å². The number of nitrogen functional groups attached to an aromatic ring is 1. The number of carbonyl (C=O) groups excluding carboxylic acids is 3. The lowest BCUT2D eigenvalue weighted by molar-refractivity contribution is -0.165. The summed E-state index contributed by atoms with van der Waals surface area (Å²) in [7, 11) is -5.15. The van der Waals surface area contributed by atoms with E-state index >= 15 is 0 Å². The van der Waals surface area contributed by atoms with Crippen LogP contribution in [0.3, 0.4) is 0 Å². The van der Waals surface area contributed by atoms with Crippen molar-refractivity contribution in [1.82, 2.24) is 30.0 Å². The third kappa shape index (κ3) is 6.65. The van der Waals surface area contributed by atoms with E-state index in [-0.39, 0.29) is 38.4 Å². The van der Waals surface area contributed by atoms with Gasteiger partial charge in [-0.3, -0.25) is 18.9 Å². The second-order valence-electron chi connectivity index (χ2n) is 9.66. The topological polar surface area (TPSA) is 305 Å². The summed E-state index contributed by atoms with van der Waals surface area (Å²) in [4.78, 5) is 71.0. The molecule has 0 radical (unpaired) electrons. The minimum atomic E-state index is -5.15. The second-order valence-corrected chi connectivity index (χ2v) is 11.8. The van der Waals surface area contributed by atoms with E-state index in [1.807, 2.05) is 0 Å². The van der Waals surface area contributed by atoms with Crippen LogP contribution in [0.15, 0.2) is 27.5 Å². The molecule has 4 rings (SSSR count). The highest BCUT2D eigenvalue weighted by molar-refractivity contribution is 7.84. The number of rotatable bonds is 11. The SMILES string of the molecule is Nc1nc(C(=NOC2(C(=O)O)CCCC2)C(=O)N[C@@H]2C(=O)N(S(=O)(=O)O)[C@H]2CNC(=O)NCc2cc(O)cc(=O)n2O)cs1. The zero-order chi connectivity index (χ0) is 32.4. The molecule has 4 amide bonds. The number of oxime groups is 1. The van der Waals surface area contributed by atoms with Crippen LogP contribution < -0.4 is 27.2 Å². The van der Waals surface area contributed by atoms with Crippen LogP contribution in [0.2, 0.25) is 0 Å². The monoisotopic (exact) mass is 658 g/mol. The molecule has 2 atom stereocenters. The van der Waals surface area contributed by atoms with Gasteiger partial charge in [0.05, 0.1) is 18.3 Å². The molecule has 0 unspecified atom stereocenters. The maximum atomic E-state index is 13.3.